The zero-order valence-electron chi connectivity index (χ0n) is 11.8. The molecule has 2 aromatic rings. The molecule has 7 heteroatoms. The molecule has 0 radical (unpaired) electrons. The van der Waals surface area contributed by atoms with Crippen molar-refractivity contribution in [1.29, 1.82) is 0 Å². The average molecular weight is 323 g/mol. The first kappa shape index (κ1) is 14.6. The van der Waals surface area contributed by atoms with Crippen LogP contribution in [-0.4, -0.2) is 27.7 Å². The first-order valence-corrected chi connectivity index (χ1v) is 8.84. The number of aryl methyl sites for hydroxylation is 1. The van der Waals surface area contributed by atoms with Crippen molar-refractivity contribution in [2.75, 3.05) is 5.75 Å². The summed E-state index contributed by atoms with van der Waals surface area (Å²) in [5, 5.41) is 4.16. The predicted octanol–water partition coefficient (Wildman–Crippen LogP) is 2.44. The molecule has 0 unspecified atom stereocenters. The lowest BCUT2D eigenvalue weighted by Gasteiger charge is -2.11. The van der Waals surface area contributed by atoms with Crippen LogP contribution in [0.15, 0.2) is 16.0 Å². The molecule has 0 spiro atoms. The van der Waals surface area contributed by atoms with E-state index < -0.39 is 0 Å². The molecular weight excluding hydrogens is 306 g/mol. The molecular formula is C14H17N3O2S2. The number of amides is 1. The molecule has 112 valence electrons. The minimum Gasteiger partial charge on any atom is -0.353 e. The standard InChI is InChI=1S/C14H17N3O2S2/c1-8-6-10-12(19)16-14(17-13(10)21-8)20-7-11(18)15-9-4-2-3-5-9/h6,9H,2-5,7H2,1H3,(H,15,18)(H,16,17,19). The zero-order valence-corrected chi connectivity index (χ0v) is 13.4. The number of thioether (sulfide) groups is 1. The van der Waals surface area contributed by atoms with Gasteiger partial charge in [-0.05, 0) is 25.8 Å². The first-order chi connectivity index (χ1) is 10.1. The molecule has 1 aliphatic rings. The van der Waals surface area contributed by atoms with Gasteiger partial charge in [-0.3, -0.25) is 9.59 Å². The smallest absolute Gasteiger partial charge is 0.260 e. The Kier molecular flexibility index (Phi) is 4.30. The molecule has 2 N–H and O–H groups in total. The number of hydrogen-bond donors (Lipinski definition) is 2. The van der Waals surface area contributed by atoms with Gasteiger partial charge in [-0.15, -0.1) is 11.3 Å². The fourth-order valence-electron chi connectivity index (χ4n) is 2.57. The Bertz CT molecular complexity index is 717. The summed E-state index contributed by atoms with van der Waals surface area (Å²) < 4.78 is 0. The summed E-state index contributed by atoms with van der Waals surface area (Å²) in [5.41, 5.74) is -0.136. The van der Waals surface area contributed by atoms with Gasteiger partial charge in [0, 0.05) is 10.9 Å². The number of aromatic amines is 1. The van der Waals surface area contributed by atoms with Crippen LogP contribution >= 0.6 is 23.1 Å². The fraction of sp³-hybridized carbons (Fsp3) is 0.500. The molecule has 0 aromatic carbocycles. The second kappa shape index (κ2) is 6.19. The van der Waals surface area contributed by atoms with Crippen LogP contribution in [0.2, 0.25) is 0 Å². The molecule has 1 amide bonds. The van der Waals surface area contributed by atoms with Gasteiger partial charge in [-0.1, -0.05) is 24.6 Å². The van der Waals surface area contributed by atoms with E-state index in [1.165, 1.54) is 35.9 Å². The lowest BCUT2D eigenvalue weighted by molar-refractivity contribution is -0.119. The molecule has 0 atom stereocenters. The summed E-state index contributed by atoms with van der Waals surface area (Å²) in [6.07, 6.45) is 4.54. The van der Waals surface area contributed by atoms with Crippen molar-refractivity contribution >= 4 is 39.2 Å². The van der Waals surface area contributed by atoms with Gasteiger partial charge in [0.1, 0.15) is 4.83 Å². The Balaban J connectivity index is 1.64. The van der Waals surface area contributed by atoms with Crippen LogP contribution in [0, 0.1) is 6.92 Å². The zero-order chi connectivity index (χ0) is 14.8. The van der Waals surface area contributed by atoms with Crippen LogP contribution in [0.1, 0.15) is 30.6 Å². The van der Waals surface area contributed by atoms with Crippen LogP contribution in [0.5, 0.6) is 0 Å². The first-order valence-electron chi connectivity index (χ1n) is 7.04. The largest absolute Gasteiger partial charge is 0.353 e. The maximum absolute atomic E-state index is 11.9. The molecule has 1 aliphatic carbocycles. The third-order valence-corrected chi connectivity index (χ3v) is 5.38. The van der Waals surface area contributed by atoms with Crippen molar-refractivity contribution in [3.8, 4) is 0 Å². The topological polar surface area (TPSA) is 74.8 Å². The summed E-state index contributed by atoms with van der Waals surface area (Å²) in [4.78, 5) is 32.7. The summed E-state index contributed by atoms with van der Waals surface area (Å²) in [6.45, 7) is 1.95. The number of hydrogen-bond acceptors (Lipinski definition) is 5. The molecule has 2 heterocycles. The van der Waals surface area contributed by atoms with E-state index in [4.69, 9.17) is 0 Å². The SMILES string of the molecule is Cc1cc2c(=O)[nH]c(SCC(=O)NC3CCCC3)nc2s1. The summed E-state index contributed by atoms with van der Waals surface area (Å²) >= 11 is 2.77. The minimum atomic E-state index is -0.136. The van der Waals surface area contributed by atoms with E-state index in [-0.39, 0.29) is 17.2 Å². The maximum Gasteiger partial charge on any atom is 0.260 e. The Hall–Kier alpha value is -1.34. The number of H-pyrrole nitrogens is 1. The van der Waals surface area contributed by atoms with Crippen molar-refractivity contribution < 1.29 is 4.79 Å². The molecule has 1 saturated carbocycles. The summed E-state index contributed by atoms with van der Waals surface area (Å²) in [7, 11) is 0. The van der Waals surface area contributed by atoms with E-state index in [0.717, 1.165) is 22.5 Å². The average Bonchev–Trinajstić information content (AvgIpc) is 3.05. The van der Waals surface area contributed by atoms with Crippen molar-refractivity contribution in [2.45, 2.75) is 43.8 Å². The molecule has 3 rings (SSSR count). The number of carbonyl (C=O) groups is 1. The van der Waals surface area contributed by atoms with Crippen LogP contribution in [0.3, 0.4) is 0 Å². The van der Waals surface area contributed by atoms with Crippen molar-refractivity contribution in [3.05, 3.63) is 21.3 Å². The fourth-order valence-corrected chi connectivity index (χ4v) is 4.18. The number of nitrogens with one attached hydrogen (secondary N) is 2. The predicted molar refractivity (Wildman–Crippen MR) is 86.1 cm³/mol. The molecule has 2 aromatic heterocycles. The lowest BCUT2D eigenvalue weighted by atomic mass is 10.2. The number of carbonyl (C=O) groups excluding carboxylic acids is 1. The number of rotatable bonds is 4. The summed E-state index contributed by atoms with van der Waals surface area (Å²) in [6, 6.07) is 2.17. The van der Waals surface area contributed by atoms with Gasteiger partial charge >= 0.3 is 0 Å². The highest BCUT2D eigenvalue weighted by molar-refractivity contribution is 7.99. The Labute approximate surface area is 130 Å². The monoisotopic (exact) mass is 323 g/mol. The molecule has 5 nitrogen and oxygen atoms in total. The molecule has 21 heavy (non-hydrogen) atoms. The third kappa shape index (κ3) is 3.47. The van der Waals surface area contributed by atoms with E-state index in [1.807, 2.05) is 13.0 Å². The Morgan fingerprint density at radius 2 is 2.29 bits per heavy atom. The highest BCUT2D eigenvalue weighted by Crippen LogP contribution is 2.22. The minimum absolute atomic E-state index is 0.0111. The third-order valence-electron chi connectivity index (χ3n) is 3.56. The highest BCUT2D eigenvalue weighted by atomic mass is 32.2. The van der Waals surface area contributed by atoms with E-state index in [9.17, 15) is 9.59 Å². The van der Waals surface area contributed by atoms with Crippen LogP contribution in [0.25, 0.3) is 10.2 Å². The van der Waals surface area contributed by atoms with Crippen LogP contribution < -0.4 is 10.9 Å². The lowest BCUT2D eigenvalue weighted by Crippen LogP contribution is -2.33. The van der Waals surface area contributed by atoms with Crippen LogP contribution in [0.4, 0.5) is 0 Å². The molecule has 1 fully saturated rings. The van der Waals surface area contributed by atoms with Gasteiger partial charge in [0.25, 0.3) is 5.56 Å². The Morgan fingerprint density at radius 3 is 3.05 bits per heavy atom. The van der Waals surface area contributed by atoms with E-state index in [2.05, 4.69) is 15.3 Å². The number of nitrogens with zero attached hydrogens (tertiary/aromatic N) is 1. The van der Waals surface area contributed by atoms with Gasteiger partial charge in [-0.25, -0.2) is 4.98 Å². The molecule has 0 saturated heterocycles. The van der Waals surface area contributed by atoms with Gasteiger partial charge in [0.2, 0.25) is 5.91 Å². The maximum atomic E-state index is 11.9. The van der Waals surface area contributed by atoms with E-state index in [0.29, 0.717) is 16.6 Å². The van der Waals surface area contributed by atoms with Gasteiger partial charge in [0.15, 0.2) is 5.16 Å². The molecule has 0 aliphatic heterocycles. The van der Waals surface area contributed by atoms with Crippen molar-refractivity contribution in [3.63, 3.8) is 0 Å². The van der Waals surface area contributed by atoms with E-state index >= 15 is 0 Å². The van der Waals surface area contributed by atoms with Gasteiger partial charge in [-0.2, -0.15) is 0 Å². The summed E-state index contributed by atoms with van der Waals surface area (Å²) in [5.74, 6) is 0.298. The number of thiophene rings is 1. The second-order valence-corrected chi connectivity index (χ2v) is 7.48. The quantitative estimate of drug-likeness (QED) is 0.669. The number of fused-ring (bicyclic) bond motifs is 1. The van der Waals surface area contributed by atoms with Gasteiger partial charge < -0.3 is 10.3 Å². The van der Waals surface area contributed by atoms with Gasteiger partial charge in [0.05, 0.1) is 11.1 Å². The number of aromatic nitrogens is 2. The second-order valence-electron chi connectivity index (χ2n) is 5.28. The van der Waals surface area contributed by atoms with Crippen molar-refractivity contribution in [1.82, 2.24) is 15.3 Å². The molecule has 0 bridgehead atoms. The highest BCUT2D eigenvalue weighted by Gasteiger charge is 2.17. The van der Waals surface area contributed by atoms with Crippen LogP contribution in [-0.2, 0) is 4.79 Å². The normalized spacial score (nSPS) is 15.7. The van der Waals surface area contributed by atoms with E-state index in [1.54, 1.807) is 0 Å². The van der Waals surface area contributed by atoms with Crippen molar-refractivity contribution in [2.24, 2.45) is 0 Å². The Morgan fingerprint density at radius 1 is 1.52 bits per heavy atom.